The van der Waals surface area contributed by atoms with Gasteiger partial charge in [-0.2, -0.15) is 0 Å². The number of nitrogens with zero attached hydrogens (tertiary/aromatic N) is 5. The molecule has 1 saturated heterocycles. The Morgan fingerprint density at radius 1 is 1.35 bits per heavy atom. The first-order valence-corrected chi connectivity index (χ1v) is 7.99. The molecule has 23 heavy (non-hydrogen) atoms. The molecule has 3 rings (SSSR count). The molecule has 2 aromatic rings. The fourth-order valence-corrected chi connectivity index (χ4v) is 3.49. The van der Waals surface area contributed by atoms with Crippen LogP contribution in [-0.4, -0.2) is 51.9 Å². The second kappa shape index (κ2) is 7.02. The molecule has 0 unspecified atom stereocenters. The lowest BCUT2D eigenvalue weighted by Crippen LogP contribution is -2.30. The van der Waals surface area contributed by atoms with E-state index >= 15 is 0 Å². The molecule has 3 heterocycles. The Labute approximate surface area is 137 Å². The lowest BCUT2D eigenvalue weighted by Gasteiger charge is -2.28. The van der Waals surface area contributed by atoms with Crippen LogP contribution >= 0.6 is 0 Å². The topological polar surface area (TPSA) is 71.2 Å². The number of pyridine rings is 1. The summed E-state index contributed by atoms with van der Waals surface area (Å²) < 4.78 is 0. The van der Waals surface area contributed by atoms with Crippen molar-refractivity contribution in [3.63, 3.8) is 0 Å². The average molecular weight is 312 g/mol. The zero-order valence-electron chi connectivity index (χ0n) is 13.8. The summed E-state index contributed by atoms with van der Waals surface area (Å²) in [6.07, 6.45) is 6.72. The summed E-state index contributed by atoms with van der Waals surface area (Å²) in [5.74, 6) is 1.88. The van der Waals surface area contributed by atoms with Gasteiger partial charge < -0.3 is 5.73 Å². The summed E-state index contributed by atoms with van der Waals surface area (Å²) in [6.45, 7) is 2.83. The van der Waals surface area contributed by atoms with Gasteiger partial charge in [0.1, 0.15) is 11.6 Å². The van der Waals surface area contributed by atoms with Crippen LogP contribution in [0.5, 0.6) is 0 Å². The first-order chi connectivity index (χ1) is 11.1. The van der Waals surface area contributed by atoms with E-state index in [9.17, 15) is 0 Å². The number of nitrogen functional groups attached to an aromatic ring is 1. The third kappa shape index (κ3) is 3.83. The fraction of sp³-hybridized carbons (Fsp3) is 0.471. The van der Waals surface area contributed by atoms with Crippen LogP contribution in [0.4, 0.5) is 5.82 Å². The van der Waals surface area contributed by atoms with Crippen LogP contribution in [-0.2, 0) is 6.54 Å². The van der Waals surface area contributed by atoms with Gasteiger partial charge in [0.25, 0.3) is 0 Å². The molecule has 0 saturated carbocycles. The molecule has 1 fully saturated rings. The maximum atomic E-state index is 5.73. The van der Waals surface area contributed by atoms with E-state index in [4.69, 9.17) is 5.73 Å². The zero-order chi connectivity index (χ0) is 16.2. The molecule has 0 amide bonds. The molecule has 1 aliphatic rings. The minimum absolute atomic E-state index is 0.424. The fourth-order valence-electron chi connectivity index (χ4n) is 3.49. The molecular formula is C17H24N6. The second-order valence-corrected chi connectivity index (χ2v) is 6.36. The normalized spacial score (nSPS) is 21.9. The molecule has 0 radical (unpaired) electrons. The quantitative estimate of drug-likeness (QED) is 0.904. The number of anilines is 1. The van der Waals surface area contributed by atoms with Gasteiger partial charge in [0.05, 0.1) is 6.54 Å². The average Bonchev–Trinajstić information content (AvgIpc) is 2.88. The smallest absolute Gasteiger partial charge is 0.144 e. The first-order valence-electron chi connectivity index (χ1n) is 7.99. The van der Waals surface area contributed by atoms with E-state index in [0.717, 1.165) is 18.9 Å². The highest BCUT2D eigenvalue weighted by molar-refractivity contribution is 5.25. The predicted octanol–water partition coefficient (Wildman–Crippen LogP) is 1.58. The van der Waals surface area contributed by atoms with Gasteiger partial charge in [0.15, 0.2) is 0 Å². The van der Waals surface area contributed by atoms with Gasteiger partial charge >= 0.3 is 0 Å². The summed E-state index contributed by atoms with van der Waals surface area (Å²) in [5, 5.41) is 0. The van der Waals surface area contributed by atoms with Crippen molar-refractivity contribution in [2.24, 2.45) is 5.92 Å². The maximum Gasteiger partial charge on any atom is 0.144 e. The van der Waals surface area contributed by atoms with Gasteiger partial charge in [0, 0.05) is 31.2 Å². The molecule has 2 N–H and O–H groups in total. The van der Waals surface area contributed by atoms with E-state index in [1.165, 1.54) is 12.0 Å². The highest BCUT2D eigenvalue weighted by Gasteiger charge is 2.33. The lowest BCUT2D eigenvalue weighted by atomic mass is 9.94. The SMILES string of the molecule is CN(Cc1nccc(N)n1)C[C@@H]1CCN(C)[C@H]1c1cccnc1. The zero-order valence-corrected chi connectivity index (χ0v) is 13.8. The molecule has 6 nitrogen and oxygen atoms in total. The molecule has 0 aromatic carbocycles. The van der Waals surface area contributed by atoms with Crippen molar-refractivity contribution in [3.05, 3.63) is 48.2 Å². The van der Waals surface area contributed by atoms with Gasteiger partial charge in [-0.25, -0.2) is 9.97 Å². The van der Waals surface area contributed by atoms with Crippen molar-refractivity contribution in [2.75, 3.05) is 32.9 Å². The largest absolute Gasteiger partial charge is 0.384 e. The molecule has 0 bridgehead atoms. The number of nitrogens with two attached hydrogens (primary N) is 1. The van der Waals surface area contributed by atoms with Gasteiger partial charge in [0.2, 0.25) is 0 Å². The van der Waals surface area contributed by atoms with Crippen LogP contribution in [0.2, 0.25) is 0 Å². The highest BCUT2D eigenvalue weighted by atomic mass is 15.2. The van der Waals surface area contributed by atoms with Crippen LogP contribution in [0.25, 0.3) is 0 Å². The first kappa shape index (κ1) is 15.8. The number of aromatic nitrogens is 3. The Bertz CT molecular complexity index is 632. The Morgan fingerprint density at radius 2 is 2.22 bits per heavy atom. The highest BCUT2D eigenvalue weighted by Crippen LogP contribution is 2.36. The molecular weight excluding hydrogens is 288 g/mol. The van der Waals surface area contributed by atoms with E-state index in [1.54, 1.807) is 12.3 Å². The molecule has 6 heteroatoms. The molecule has 0 aliphatic carbocycles. The maximum absolute atomic E-state index is 5.73. The minimum atomic E-state index is 0.424. The Kier molecular flexibility index (Phi) is 4.83. The van der Waals surface area contributed by atoms with E-state index in [1.807, 2.05) is 18.5 Å². The van der Waals surface area contributed by atoms with E-state index in [2.05, 4.69) is 44.9 Å². The lowest BCUT2D eigenvalue weighted by molar-refractivity contribution is 0.211. The summed E-state index contributed by atoms with van der Waals surface area (Å²) in [4.78, 5) is 17.6. The summed E-state index contributed by atoms with van der Waals surface area (Å²) in [7, 11) is 4.31. The second-order valence-electron chi connectivity index (χ2n) is 6.36. The number of rotatable bonds is 5. The van der Waals surface area contributed by atoms with Crippen LogP contribution in [0.1, 0.15) is 23.9 Å². The van der Waals surface area contributed by atoms with Crippen molar-refractivity contribution in [1.29, 1.82) is 0 Å². The summed E-state index contributed by atoms with van der Waals surface area (Å²) in [6, 6.07) is 6.33. The Hall–Kier alpha value is -2.05. The van der Waals surface area contributed by atoms with Crippen molar-refractivity contribution in [3.8, 4) is 0 Å². The number of likely N-dealkylation sites (tertiary alicyclic amines) is 1. The minimum Gasteiger partial charge on any atom is -0.384 e. The van der Waals surface area contributed by atoms with Gasteiger partial charge in [-0.05, 0) is 50.7 Å². The van der Waals surface area contributed by atoms with Crippen molar-refractivity contribution in [2.45, 2.75) is 19.0 Å². The summed E-state index contributed by atoms with van der Waals surface area (Å²) >= 11 is 0. The van der Waals surface area contributed by atoms with Crippen LogP contribution in [0, 0.1) is 5.92 Å². The molecule has 2 aromatic heterocycles. The number of hydrogen-bond acceptors (Lipinski definition) is 6. The third-order valence-electron chi connectivity index (χ3n) is 4.48. The molecule has 122 valence electrons. The van der Waals surface area contributed by atoms with Crippen LogP contribution in [0.3, 0.4) is 0 Å². The van der Waals surface area contributed by atoms with E-state index in [0.29, 0.717) is 24.3 Å². The summed E-state index contributed by atoms with van der Waals surface area (Å²) in [5.41, 5.74) is 7.03. The van der Waals surface area contributed by atoms with Crippen LogP contribution < -0.4 is 5.73 Å². The number of hydrogen-bond donors (Lipinski definition) is 1. The van der Waals surface area contributed by atoms with Crippen molar-refractivity contribution >= 4 is 5.82 Å². The van der Waals surface area contributed by atoms with E-state index < -0.39 is 0 Å². The Morgan fingerprint density at radius 3 is 2.96 bits per heavy atom. The van der Waals surface area contributed by atoms with Crippen LogP contribution in [0.15, 0.2) is 36.8 Å². The van der Waals surface area contributed by atoms with E-state index in [-0.39, 0.29) is 0 Å². The molecule has 2 atom stereocenters. The third-order valence-corrected chi connectivity index (χ3v) is 4.48. The van der Waals surface area contributed by atoms with Gasteiger partial charge in [-0.1, -0.05) is 6.07 Å². The monoisotopic (exact) mass is 312 g/mol. The Balaban J connectivity index is 1.66. The van der Waals surface area contributed by atoms with Crippen molar-refractivity contribution < 1.29 is 0 Å². The van der Waals surface area contributed by atoms with Gasteiger partial charge in [-0.3, -0.25) is 14.8 Å². The molecule has 1 aliphatic heterocycles. The van der Waals surface area contributed by atoms with Crippen molar-refractivity contribution in [1.82, 2.24) is 24.8 Å². The predicted molar refractivity (Wildman–Crippen MR) is 90.5 cm³/mol. The molecule has 0 spiro atoms. The van der Waals surface area contributed by atoms with Gasteiger partial charge in [-0.15, -0.1) is 0 Å². The standard InChI is InChI=1S/C17H24N6/c1-22(12-16-20-8-5-15(18)21-16)11-14-6-9-23(2)17(14)13-4-3-7-19-10-13/h3-5,7-8,10,14,17H,6,9,11-12H2,1-2H3,(H2,18,20,21)/t14-,17-/m0/s1.